The predicted molar refractivity (Wildman–Crippen MR) is 232 cm³/mol. The van der Waals surface area contributed by atoms with Crippen LogP contribution in [0.25, 0.3) is 22.5 Å². The molecule has 310 valence electrons. The fourth-order valence-corrected chi connectivity index (χ4v) is 7.51. The van der Waals surface area contributed by atoms with Crippen molar-refractivity contribution in [3.05, 3.63) is 126 Å². The number of ketones is 2. The van der Waals surface area contributed by atoms with E-state index in [0.717, 1.165) is 83.2 Å². The van der Waals surface area contributed by atoms with Gasteiger partial charge in [0.15, 0.2) is 0 Å². The molecule has 0 aliphatic carbocycles. The molecule has 8 heterocycles. The van der Waals surface area contributed by atoms with E-state index in [2.05, 4.69) is 46.7 Å². The van der Waals surface area contributed by atoms with Crippen molar-refractivity contribution in [3.63, 3.8) is 0 Å². The molecule has 13 heteroatoms. The maximum absolute atomic E-state index is 12.7. The van der Waals surface area contributed by atoms with Crippen LogP contribution in [-0.2, 0) is 45.1 Å². The molecule has 0 unspecified atom stereocenters. The maximum atomic E-state index is 12.7. The predicted octanol–water partition coefficient (Wildman–Crippen LogP) is 7.50. The second kappa shape index (κ2) is 19.9. The summed E-state index contributed by atoms with van der Waals surface area (Å²) >= 11 is 0. The first-order chi connectivity index (χ1) is 28.6. The Labute approximate surface area is 351 Å². The lowest BCUT2D eigenvalue weighted by molar-refractivity contribution is -0.123. The Bertz CT molecular complexity index is 2420. The highest BCUT2D eigenvalue weighted by atomic mass is 16.2. The fraction of sp³-hybridized carbons (Fsp3) is 0.340. The third-order valence-electron chi connectivity index (χ3n) is 10.4. The monoisotopic (exact) mass is 807 g/mol. The number of anilines is 2. The van der Waals surface area contributed by atoms with E-state index in [9.17, 15) is 19.2 Å². The van der Waals surface area contributed by atoms with Crippen molar-refractivity contribution in [2.75, 3.05) is 22.9 Å². The van der Waals surface area contributed by atoms with Crippen molar-refractivity contribution in [1.82, 2.24) is 34.3 Å². The number of amides is 2. The number of fused-ring (bicyclic) bond motifs is 2. The van der Waals surface area contributed by atoms with E-state index in [1.54, 1.807) is 42.0 Å². The molecule has 0 N–H and O–H groups in total. The molecule has 0 aromatic carbocycles. The van der Waals surface area contributed by atoms with E-state index < -0.39 is 0 Å². The summed E-state index contributed by atoms with van der Waals surface area (Å²) in [4.78, 5) is 66.5. The Morgan fingerprint density at radius 3 is 1.75 bits per heavy atom. The number of nitrogens with zero attached hydrogens (tertiary/aromatic N) is 9. The Morgan fingerprint density at radius 2 is 1.20 bits per heavy atom. The van der Waals surface area contributed by atoms with E-state index in [1.807, 2.05) is 74.2 Å². The minimum absolute atomic E-state index is 0. The van der Waals surface area contributed by atoms with Crippen LogP contribution in [0.15, 0.2) is 98.0 Å². The van der Waals surface area contributed by atoms with Gasteiger partial charge in [-0.2, -0.15) is 10.2 Å². The largest absolute Gasteiger partial charge is 0.334 e. The SMILES string of the molecule is C.Cc1cc2n(c1)CCCN2C(=O)CCC(=O)Cc1ccc(-c2cccnc2)nn1.Cc1cncc(-c2ccc(CC(=O)CCC(=O)N3CCCn4cc(C)cc43)cn2)c1. The number of hydrogen-bond donors (Lipinski definition) is 0. The van der Waals surface area contributed by atoms with Crippen LogP contribution in [0.2, 0.25) is 0 Å². The maximum Gasteiger partial charge on any atom is 0.228 e. The number of pyridine rings is 3. The topological polar surface area (TPSA) is 149 Å². The van der Waals surface area contributed by atoms with Crippen molar-refractivity contribution >= 4 is 35.0 Å². The van der Waals surface area contributed by atoms with Crippen LogP contribution >= 0.6 is 0 Å². The molecule has 6 aromatic rings. The molecular weight excluding hydrogens is 755 g/mol. The van der Waals surface area contributed by atoms with Crippen molar-refractivity contribution in [2.24, 2.45) is 0 Å². The Kier molecular flexibility index (Phi) is 14.2. The molecule has 0 bridgehead atoms. The summed E-state index contributed by atoms with van der Waals surface area (Å²) in [5.74, 6) is 1.94. The zero-order valence-electron chi connectivity index (χ0n) is 33.9. The molecule has 13 nitrogen and oxygen atoms in total. The van der Waals surface area contributed by atoms with Crippen molar-refractivity contribution in [2.45, 2.75) is 92.7 Å². The van der Waals surface area contributed by atoms with Gasteiger partial charge in [0.2, 0.25) is 11.8 Å². The van der Waals surface area contributed by atoms with Crippen LogP contribution in [0.4, 0.5) is 11.6 Å². The van der Waals surface area contributed by atoms with E-state index in [4.69, 9.17) is 0 Å². The van der Waals surface area contributed by atoms with Gasteiger partial charge in [-0.25, -0.2) is 0 Å². The van der Waals surface area contributed by atoms with Crippen LogP contribution in [0.5, 0.6) is 0 Å². The summed E-state index contributed by atoms with van der Waals surface area (Å²) < 4.78 is 4.23. The summed E-state index contributed by atoms with van der Waals surface area (Å²) in [5, 5.41) is 8.33. The number of carbonyl (C=O) groups is 4. The number of aromatic nitrogens is 7. The van der Waals surface area contributed by atoms with Gasteiger partial charge in [0.05, 0.1) is 23.5 Å². The average molecular weight is 808 g/mol. The third kappa shape index (κ3) is 10.9. The van der Waals surface area contributed by atoms with Gasteiger partial charge in [0.1, 0.15) is 23.2 Å². The molecule has 0 saturated heterocycles. The first kappa shape index (κ1) is 43.0. The summed E-state index contributed by atoms with van der Waals surface area (Å²) in [6.45, 7) is 9.35. The molecule has 0 atom stereocenters. The smallest absolute Gasteiger partial charge is 0.228 e. The summed E-state index contributed by atoms with van der Waals surface area (Å²) in [6.07, 6.45) is 16.1. The lowest BCUT2D eigenvalue weighted by atomic mass is 10.1. The molecule has 6 aromatic heterocycles. The van der Waals surface area contributed by atoms with Crippen molar-refractivity contribution in [3.8, 4) is 22.5 Å². The Balaban J connectivity index is 0.000000198. The zero-order valence-corrected chi connectivity index (χ0v) is 33.9. The number of Topliss-reactive ketones (excluding diaryl/α,β-unsaturated/α-hetero) is 2. The summed E-state index contributed by atoms with van der Waals surface area (Å²) in [7, 11) is 0. The van der Waals surface area contributed by atoms with Gasteiger partial charge in [0, 0.05) is 113 Å². The summed E-state index contributed by atoms with van der Waals surface area (Å²) in [6, 6.07) is 17.3. The number of carbonyl (C=O) groups excluding carboxylic acids is 4. The van der Waals surface area contributed by atoms with Gasteiger partial charge >= 0.3 is 0 Å². The molecule has 2 amide bonds. The molecular formula is C47H53N9O4. The van der Waals surface area contributed by atoms with E-state index in [-0.39, 0.29) is 62.9 Å². The Hall–Kier alpha value is -6.63. The second-order valence-electron chi connectivity index (χ2n) is 15.3. The molecule has 2 aliphatic heterocycles. The van der Waals surface area contributed by atoms with Gasteiger partial charge < -0.3 is 9.13 Å². The highest BCUT2D eigenvalue weighted by Gasteiger charge is 2.25. The quantitative estimate of drug-likeness (QED) is 0.123. The van der Waals surface area contributed by atoms with Gasteiger partial charge in [-0.05, 0) is 104 Å². The summed E-state index contributed by atoms with van der Waals surface area (Å²) in [5.41, 5.74) is 8.23. The number of aryl methyl sites for hydroxylation is 5. The van der Waals surface area contributed by atoms with Gasteiger partial charge in [-0.1, -0.05) is 13.5 Å². The molecule has 2 aliphatic rings. The van der Waals surface area contributed by atoms with Crippen LogP contribution in [-0.4, -0.2) is 70.8 Å². The van der Waals surface area contributed by atoms with Gasteiger partial charge in [-0.3, -0.25) is 43.9 Å². The van der Waals surface area contributed by atoms with Crippen LogP contribution < -0.4 is 9.80 Å². The lowest BCUT2D eigenvalue weighted by Gasteiger charge is -2.28. The second-order valence-corrected chi connectivity index (χ2v) is 15.3. The van der Waals surface area contributed by atoms with Crippen LogP contribution in [0.1, 0.15) is 73.9 Å². The van der Waals surface area contributed by atoms with Crippen molar-refractivity contribution in [1.29, 1.82) is 0 Å². The normalized spacial score (nSPS) is 13.0. The molecule has 0 saturated carbocycles. The minimum Gasteiger partial charge on any atom is -0.334 e. The van der Waals surface area contributed by atoms with Crippen LogP contribution in [0, 0.1) is 20.8 Å². The van der Waals surface area contributed by atoms with E-state index >= 15 is 0 Å². The number of hydrogen-bond acceptors (Lipinski definition) is 9. The van der Waals surface area contributed by atoms with E-state index in [1.165, 1.54) is 0 Å². The first-order valence-electron chi connectivity index (χ1n) is 20.2. The molecule has 60 heavy (non-hydrogen) atoms. The Morgan fingerprint density at radius 1 is 0.583 bits per heavy atom. The number of rotatable bonds is 12. The molecule has 0 fully saturated rings. The lowest BCUT2D eigenvalue weighted by Crippen LogP contribution is -2.37. The van der Waals surface area contributed by atoms with Gasteiger partial charge in [0.25, 0.3) is 0 Å². The third-order valence-corrected chi connectivity index (χ3v) is 10.4. The molecule has 8 rings (SSSR count). The standard InChI is InChI=1S/C24H26N4O2.C22H23N5O2.CH4/c1-17-10-20(15-25-13-17)22-6-4-19(14-26-22)12-21(29)5-7-24(30)28-9-3-8-27-16-18(2)11-23(27)28;1-16-12-21-26(15-16)10-3-11-27(21)22(29)8-6-19(28)13-18-5-7-20(25-24-18)17-4-2-9-23-14-17;/h4,6,10-11,13-16H,3,5,7-9,12H2,1-2H3;2,4-5,7,9,12,14-15H,3,6,8,10-11,13H2,1H3;1H4. The average Bonchev–Trinajstić information content (AvgIpc) is 3.83. The van der Waals surface area contributed by atoms with E-state index in [0.29, 0.717) is 24.4 Å². The molecule has 0 spiro atoms. The van der Waals surface area contributed by atoms with Gasteiger partial charge in [-0.15, -0.1) is 0 Å². The first-order valence-corrected chi connectivity index (χ1v) is 20.2. The van der Waals surface area contributed by atoms with Crippen molar-refractivity contribution < 1.29 is 19.2 Å². The van der Waals surface area contributed by atoms with Crippen LogP contribution in [0.3, 0.4) is 0 Å². The zero-order chi connectivity index (χ0) is 41.3. The highest BCUT2D eigenvalue weighted by Crippen LogP contribution is 2.26. The fourth-order valence-electron chi connectivity index (χ4n) is 7.51. The molecule has 0 radical (unpaired) electrons. The minimum atomic E-state index is -0.00893. The highest BCUT2D eigenvalue weighted by molar-refractivity contribution is 5.96.